The zero-order valence-corrected chi connectivity index (χ0v) is 6.78. The van der Waals surface area contributed by atoms with Gasteiger partial charge in [-0.2, -0.15) is 0 Å². The van der Waals surface area contributed by atoms with Gasteiger partial charge in [-0.1, -0.05) is 12.1 Å². The van der Waals surface area contributed by atoms with E-state index in [0.717, 1.165) is 5.56 Å². The maximum Gasteiger partial charge on any atom is 0.134 e. The Labute approximate surface area is 70.4 Å². The van der Waals surface area contributed by atoms with E-state index in [0.29, 0.717) is 12.1 Å². The summed E-state index contributed by atoms with van der Waals surface area (Å²) < 4.78 is 0. The first-order valence-electron chi connectivity index (χ1n) is 3.64. The number of carbonyl (C=O) groups excluding carboxylic acids is 1. The van der Waals surface area contributed by atoms with E-state index >= 15 is 0 Å². The van der Waals surface area contributed by atoms with E-state index in [4.69, 9.17) is 0 Å². The highest BCUT2D eigenvalue weighted by Crippen LogP contribution is 2.13. The van der Waals surface area contributed by atoms with E-state index in [9.17, 15) is 9.70 Å². The lowest BCUT2D eigenvalue weighted by Crippen LogP contribution is -1.95. The SMILES string of the molecule is CC(=O)Cc1cccc(N=O)c1. The fourth-order valence-electron chi connectivity index (χ4n) is 1.01. The van der Waals surface area contributed by atoms with E-state index in [1.54, 1.807) is 24.3 Å². The molecule has 0 aliphatic heterocycles. The molecule has 1 aromatic rings. The van der Waals surface area contributed by atoms with Crippen LogP contribution in [0.4, 0.5) is 5.69 Å². The monoisotopic (exact) mass is 163 g/mol. The number of hydrogen-bond donors (Lipinski definition) is 0. The van der Waals surface area contributed by atoms with Crippen LogP contribution in [0.1, 0.15) is 12.5 Å². The van der Waals surface area contributed by atoms with Crippen LogP contribution in [0, 0.1) is 4.91 Å². The van der Waals surface area contributed by atoms with Crippen molar-refractivity contribution in [2.75, 3.05) is 0 Å². The second-order valence-corrected chi connectivity index (χ2v) is 2.64. The quantitative estimate of drug-likeness (QED) is 0.641. The fourth-order valence-corrected chi connectivity index (χ4v) is 1.01. The molecule has 0 fully saturated rings. The Morgan fingerprint density at radius 3 is 2.83 bits per heavy atom. The van der Waals surface area contributed by atoms with Gasteiger partial charge >= 0.3 is 0 Å². The molecule has 0 atom stereocenters. The standard InChI is InChI=1S/C9H9NO2/c1-7(11)5-8-3-2-4-9(6-8)10-12/h2-4,6H,5H2,1H3. The van der Waals surface area contributed by atoms with Crippen molar-refractivity contribution in [2.24, 2.45) is 5.18 Å². The van der Waals surface area contributed by atoms with Gasteiger partial charge in [-0.15, -0.1) is 4.91 Å². The number of carbonyl (C=O) groups is 1. The van der Waals surface area contributed by atoms with Gasteiger partial charge in [0.25, 0.3) is 0 Å². The van der Waals surface area contributed by atoms with Crippen molar-refractivity contribution in [1.82, 2.24) is 0 Å². The molecular formula is C9H9NO2. The normalized spacial score (nSPS) is 9.42. The molecule has 0 N–H and O–H groups in total. The maximum absolute atomic E-state index is 10.7. The van der Waals surface area contributed by atoms with Crippen molar-refractivity contribution in [3.8, 4) is 0 Å². The molecule has 0 aromatic heterocycles. The van der Waals surface area contributed by atoms with Crippen molar-refractivity contribution < 1.29 is 4.79 Å². The molecule has 0 aliphatic carbocycles. The second-order valence-electron chi connectivity index (χ2n) is 2.64. The van der Waals surface area contributed by atoms with Gasteiger partial charge in [0.15, 0.2) is 0 Å². The average Bonchev–Trinajstić information content (AvgIpc) is 2.03. The van der Waals surface area contributed by atoms with Crippen LogP contribution in [0.3, 0.4) is 0 Å². The van der Waals surface area contributed by atoms with Crippen LogP contribution in [0.25, 0.3) is 0 Å². The first kappa shape index (κ1) is 8.59. The number of ketones is 1. The average molecular weight is 163 g/mol. The molecular weight excluding hydrogens is 154 g/mol. The summed E-state index contributed by atoms with van der Waals surface area (Å²) >= 11 is 0. The first-order chi connectivity index (χ1) is 5.72. The van der Waals surface area contributed by atoms with Gasteiger partial charge in [-0.25, -0.2) is 0 Å². The minimum atomic E-state index is 0.0815. The highest BCUT2D eigenvalue weighted by molar-refractivity contribution is 5.78. The zero-order chi connectivity index (χ0) is 8.97. The summed E-state index contributed by atoms with van der Waals surface area (Å²) in [4.78, 5) is 20.8. The minimum Gasteiger partial charge on any atom is -0.300 e. The molecule has 62 valence electrons. The van der Waals surface area contributed by atoms with Gasteiger partial charge in [-0.3, -0.25) is 4.79 Å². The van der Waals surface area contributed by atoms with E-state index < -0.39 is 0 Å². The number of nitrogens with zero attached hydrogens (tertiary/aromatic N) is 1. The number of nitroso groups, excluding NO2 is 1. The molecule has 1 aromatic carbocycles. The number of benzene rings is 1. The largest absolute Gasteiger partial charge is 0.300 e. The molecule has 0 heterocycles. The Hall–Kier alpha value is -1.51. The van der Waals surface area contributed by atoms with Crippen molar-refractivity contribution >= 4 is 11.5 Å². The lowest BCUT2D eigenvalue weighted by molar-refractivity contribution is -0.116. The van der Waals surface area contributed by atoms with E-state index in [-0.39, 0.29) is 5.78 Å². The summed E-state index contributed by atoms with van der Waals surface area (Å²) in [6.07, 6.45) is 0.364. The van der Waals surface area contributed by atoms with Crippen molar-refractivity contribution in [3.63, 3.8) is 0 Å². The van der Waals surface area contributed by atoms with Crippen molar-refractivity contribution in [1.29, 1.82) is 0 Å². The van der Waals surface area contributed by atoms with Crippen LogP contribution in [-0.2, 0) is 11.2 Å². The van der Waals surface area contributed by atoms with E-state index in [1.165, 1.54) is 6.92 Å². The summed E-state index contributed by atoms with van der Waals surface area (Å²) in [7, 11) is 0. The molecule has 3 heteroatoms. The van der Waals surface area contributed by atoms with E-state index in [1.807, 2.05) is 0 Å². The molecule has 0 bridgehead atoms. The Balaban J connectivity index is 2.86. The van der Waals surface area contributed by atoms with Gasteiger partial charge in [0.05, 0.1) is 0 Å². The zero-order valence-electron chi connectivity index (χ0n) is 6.78. The predicted octanol–water partition coefficient (Wildman–Crippen LogP) is 2.22. The highest BCUT2D eigenvalue weighted by Gasteiger charge is 1.98. The highest BCUT2D eigenvalue weighted by atomic mass is 16.3. The van der Waals surface area contributed by atoms with Crippen molar-refractivity contribution in [2.45, 2.75) is 13.3 Å². The molecule has 3 nitrogen and oxygen atoms in total. The molecule has 0 saturated carbocycles. The Morgan fingerprint density at radius 1 is 1.50 bits per heavy atom. The molecule has 0 unspecified atom stereocenters. The molecule has 0 spiro atoms. The van der Waals surface area contributed by atoms with Crippen LogP contribution >= 0.6 is 0 Å². The minimum absolute atomic E-state index is 0.0815. The van der Waals surface area contributed by atoms with Crippen LogP contribution in [0.2, 0.25) is 0 Å². The topological polar surface area (TPSA) is 46.5 Å². The van der Waals surface area contributed by atoms with Crippen LogP contribution < -0.4 is 0 Å². The Kier molecular flexibility index (Phi) is 2.69. The van der Waals surface area contributed by atoms with Gasteiger partial charge in [0.1, 0.15) is 11.5 Å². The smallest absolute Gasteiger partial charge is 0.134 e. The summed E-state index contributed by atoms with van der Waals surface area (Å²) in [6.45, 7) is 1.51. The van der Waals surface area contributed by atoms with Crippen molar-refractivity contribution in [3.05, 3.63) is 34.7 Å². The molecule has 0 saturated heterocycles. The van der Waals surface area contributed by atoms with Crippen LogP contribution in [-0.4, -0.2) is 5.78 Å². The lowest BCUT2D eigenvalue weighted by atomic mass is 10.1. The third kappa shape index (κ3) is 2.27. The molecule has 12 heavy (non-hydrogen) atoms. The third-order valence-corrected chi connectivity index (χ3v) is 1.47. The fraction of sp³-hybridized carbons (Fsp3) is 0.222. The van der Waals surface area contributed by atoms with Gasteiger partial charge < -0.3 is 0 Å². The van der Waals surface area contributed by atoms with Gasteiger partial charge in [-0.05, 0) is 29.8 Å². The molecule has 1 rings (SSSR count). The number of Topliss-reactive ketones (excluding diaryl/α,β-unsaturated/α-hetero) is 1. The Morgan fingerprint density at radius 2 is 2.25 bits per heavy atom. The molecule has 0 aliphatic rings. The molecule has 0 radical (unpaired) electrons. The van der Waals surface area contributed by atoms with Crippen LogP contribution in [0.15, 0.2) is 29.4 Å². The maximum atomic E-state index is 10.7. The predicted molar refractivity (Wildman–Crippen MR) is 46.3 cm³/mol. The second kappa shape index (κ2) is 3.76. The first-order valence-corrected chi connectivity index (χ1v) is 3.64. The van der Waals surface area contributed by atoms with E-state index in [2.05, 4.69) is 5.18 Å². The number of hydrogen-bond acceptors (Lipinski definition) is 3. The summed E-state index contributed by atoms with van der Waals surface area (Å²) in [5.74, 6) is 0.0815. The number of rotatable bonds is 3. The summed E-state index contributed by atoms with van der Waals surface area (Å²) in [6, 6.07) is 6.75. The summed E-state index contributed by atoms with van der Waals surface area (Å²) in [5.41, 5.74) is 1.20. The lowest BCUT2D eigenvalue weighted by Gasteiger charge is -1.96. The Bertz CT molecular complexity index is 307. The summed E-state index contributed by atoms with van der Waals surface area (Å²) in [5, 5.41) is 2.78. The van der Waals surface area contributed by atoms with Crippen LogP contribution in [0.5, 0.6) is 0 Å². The van der Waals surface area contributed by atoms with Gasteiger partial charge in [0, 0.05) is 6.42 Å². The molecule has 0 amide bonds. The van der Waals surface area contributed by atoms with Gasteiger partial charge in [0.2, 0.25) is 0 Å². The third-order valence-electron chi connectivity index (χ3n) is 1.47.